The summed E-state index contributed by atoms with van der Waals surface area (Å²) in [5.41, 5.74) is 3.57. The van der Waals surface area contributed by atoms with Crippen LogP contribution in [-0.2, 0) is 10.2 Å². The Morgan fingerprint density at radius 2 is 1.87 bits per heavy atom. The molecule has 0 aromatic heterocycles. The first-order chi connectivity index (χ1) is 11.1. The third kappa shape index (κ3) is 2.26. The van der Waals surface area contributed by atoms with E-state index in [0.717, 1.165) is 41.6 Å². The zero-order valence-electron chi connectivity index (χ0n) is 12.7. The van der Waals surface area contributed by atoms with E-state index in [1.54, 1.807) is 12.1 Å². The molecule has 2 aliphatic rings. The van der Waals surface area contributed by atoms with Crippen LogP contribution >= 0.6 is 11.6 Å². The Bertz CT molecular complexity index is 800. The lowest BCUT2D eigenvalue weighted by atomic mass is 9.69. The maximum atomic E-state index is 13.4. The molecule has 0 bridgehead atoms. The van der Waals surface area contributed by atoms with Crippen molar-refractivity contribution in [3.8, 4) is 11.1 Å². The molecule has 4 heteroatoms. The lowest BCUT2D eigenvalue weighted by Crippen LogP contribution is -2.40. The first-order valence-electron chi connectivity index (χ1n) is 7.97. The SMILES string of the molecule is O=C1CCCCC12CNc1ccc(-c3ccc(F)c(Cl)c3)cc12. The van der Waals surface area contributed by atoms with E-state index in [4.69, 9.17) is 11.6 Å². The molecular formula is C19H17ClFNO. The number of Topliss-reactive ketones (excluding diaryl/α,β-unsaturated/α-hetero) is 1. The van der Waals surface area contributed by atoms with Crippen LogP contribution in [-0.4, -0.2) is 12.3 Å². The Labute approximate surface area is 139 Å². The van der Waals surface area contributed by atoms with Crippen LogP contribution in [0.3, 0.4) is 0 Å². The summed E-state index contributed by atoms with van der Waals surface area (Å²) < 4.78 is 13.4. The molecule has 0 amide bonds. The lowest BCUT2D eigenvalue weighted by Gasteiger charge is -2.32. The summed E-state index contributed by atoms with van der Waals surface area (Å²) >= 11 is 5.90. The molecule has 1 N–H and O–H groups in total. The molecule has 1 atom stereocenters. The first kappa shape index (κ1) is 14.7. The number of carbonyl (C=O) groups excluding carboxylic acids is 1. The normalized spacial score (nSPS) is 23.0. The van der Waals surface area contributed by atoms with Crippen molar-refractivity contribution in [1.29, 1.82) is 0 Å². The van der Waals surface area contributed by atoms with E-state index in [9.17, 15) is 9.18 Å². The average molecular weight is 330 g/mol. The van der Waals surface area contributed by atoms with E-state index in [-0.39, 0.29) is 10.4 Å². The van der Waals surface area contributed by atoms with Crippen LogP contribution in [0.15, 0.2) is 36.4 Å². The molecule has 1 unspecified atom stereocenters. The lowest BCUT2D eigenvalue weighted by molar-refractivity contribution is -0.125. The van der Waals surface area contributed by atoms with Crippen molar-refractivity contribution < 1.29 is 9.18 Å². The van der Waals surface area contributed by atoms with Gasteiger partial charge in [-0.05, 0) is 53.8 Å². The van der Waals surface area contributed by atoms with Gasteiger partial charge in [-0.3, -0.25) is 4.79 Å². The Hall–Kier alpha value is -1.87. The first-order valence-corrected chi connectivity index (χ1v) is 8.35. The number of rotatable bonds is 1. The zero-order chi connectivity index (χ0) is 16.0. The highest BCUT2D eigenvalue weighted by Crippen LogP contribution is 2.46. The second-order valence-corrected chi connectivity index (χ2v) is 6.86. The van der Waals surface area contributed by atoms with Gasteiger partial charge in [-0.15, -0.1) is 0 Å². The molecule has 2 aromatic rings. The summed E-state index contributed by atoms with van der Waals surface area (Å²) in [5.74, 6) is -0.0820. The van der Waals surface area contributed by atoms with Crippen LogP contribution in [0.1, 0.15) is 31.2 Å². The van der Waals surface area contributed by atoms with Gasteiger partial charge in [0.15, 0.2) is 0 Å². The van der Waals surface area contributed by atoms with Crippen molar-refractivity contribution in [1.82, 2.24) is 0 Å². The molecule has 0 radical (unpaired) electrons. The topological polar surface area (TPSA) is 29.1 Å². The molecule has 4 rings (SSSR count). The summed E-state index contributed by atoms with van der Waals surface area (Å²) in [7, 11) is 0. The van der Waals surface area contributed by atoms with Gasteiger partial charge in [-0.1, -0.05) is 30.2 Å². The molecule has 2 nitrogen and oxygen atoms in total. The van der Waals surface area contributed by atoms with E-state index >= 15 is 0 Å². The van der Waals surface area contributed by atoms with Crippen LogP contribution < -0.4 is 5.32 Å². The summed E-state index contributed by atoms with van der Waals surface area (Å²) in [4.78, 5) is 12.6. The summed E-state index contributed by atoms with van der Waals surface area (Å²) in [5, 5.41) is 3.50. The molecule has 1 spiro atoms. The Morgan fingerprint density at radius 1 is 1.09 bits per heavy atom. The Kier molecular flexibility index (Phi) is 3.42. The largest absolute Gasteiger partial charge is 0.383 e. The number of benzene rings is 2. The van der Waals surface area contributed by atoms with Crippen LogP contribution in [0.5, 0.6) is 0 Å². The predicted octanol–water partition coefficient (Wildman–Crippen LogP) is 4.95. The van der Waals surface area contributed by atoms with E-state index in [1.165, 1.54) is 6.07 Å². The minimum absolute atomic E-state index is 0.115. The molecular weight excluding hydrogens is 313 g/mol. The zero-order valence-corrected chi connectivity index (χ0v) is 13.4. The Balaban J connectivity index is 1.81. The van der Waals surface area contributed by atoms with Gasteiger partial charge in [0, 0.05) is 18.7 Å². The minimum Gasteiger partial charge on any atom is -0.383 e. The fourth-order valence-corrected chi connectivity index (χ4v) is 4.03. The number of nitrogens with one attached hydrogen (secondary N) is 1. The Morgan fingerprint density at radius 3 is 2.65 bits per heavy atom. The maximum Gasteiger partial charge on any atom is 0.145 e. The summed E-state index contributed by atoms with van der Waals surface area (Å²) in [6.45, 7) is 0.689. The number of hydrogen-bond donors (Lipinski definition) is 1. The standard InChI is InChI=1S/C19H17ClFNO/c20-15-10-13(4-6-16(15)21)12-5-7-17-14(9-12)19(11-22-17)8-2-1-3-18(19)23/h4-7,9-10,22H,1-3,8,11H2. The van der Waals surface area contributed by atoms with Gasteiger partial charge < -0.3 is 5.32 Å². The highest BCUT2D eigenvalue weighted by atomic mass is 35.5. The van der Waals surface area contributed by atoms with Gasteiger partial charge in [-0.2, -0.15) is 0 Å². The number of carbonyl (C=O) groups is 1. The van der Waals surface area contributed by atoms with Gasteiger partial charge in [0.05, 0.1) is 10.4 Å². The summed E-state index contributed by atoms with van der Waals surface area (Å²) in [6.07, 6.45) is 3.63. The van der Waals surface area contributed by atoms with E-state index in [1.807, 2.05) is 12.1 Å². The minimum atomic E-state index is -0.419. The van der Waals surface area contributed by atoms with Crippen LogP contribution in [0, 0.1) is 5.82 Å². The molecule has 1 saturated carbocycles. The monoisotopic (exact) mass is 329 g/mol. The molecule has 118 valence electrons. The number of anilines is 1. The molecule has 0 saturated heterocycles. The maximum absolute atomic E-state index is 13.4. The number of fused-ring (bicyclic) bond motifs is 2. The predicted molar refractivity (Wildman–Crippen MR) is 90.5 cm³/mol. The van der Waals surface area contributed by atoms with Gasteiger partial charge >= 0.3 is 0 Å². The highest BCUT2D eigenvalue weighted by molar-refractivity contribution is 6.31. The highest BCUT2D eigenvalue weighted by Gasteiger charge is 2.46. The van der Waals surface area contributed by atoms with Gasteiger partial charge in [0.25, 0.3) is 0 Å². The van der Waals surface area contributed by atoms with Gasteiger partial charge in [0.2, 0.25) is 0 Å². The van der Waals surface area contributed by atoms with Crippen LogP contribution in [0.4, 0.5) is 10.1 Å². The fourth-order valence-electron chi connectivity index (χ4n) is 3.85. The summed E-state index contributed by atoms with van der Waals surface area (Å²) in [6, 6.07) is 10.8. The quantitative estimate of drug-likeness (QED) is 0.801. The van der Waals surface area contributed by atoms with Crippen molar-refractivity contribution in [2.45, 2.75) is 31.1 Å². The van der Waals surface area contributed by atoms with E-state index in [0.29, 0.717) is 18.7 Å². The van der Waals surface area contributed by atoms with Crippen LogP contribution in [0.25, 0.3) is 11.1 Å². The van der Waals surface area contributed by atoms with Gasteiger partial charge in [-0.25, -0.2) is 4.39 Å². The number of hydrogen-bond acceptors (Lipinski definition) is 2. The second-order valence-electron chi connectivity index (χ2n) is 6.46. The second kappa shape index (κ2) is 5.34. The third-order valence-corrected chi connectivity index (χ3v) is 5.45. The van der Waals surface area contributed by atoms with E-state index < -0.39 is 5.82 Å². The van der Waals surface area contributed by atoms with Crippen molar-refractivity contribution in [3.63, 3.8) is 0 Å². The molecule has 1 heterocycles. The average Bonchev–Trinajstić information content (AvgIpc) is 2.92. The van der Waals surface area contributed by atoms with Crippen molar-refractivity contribution >= 4 is 23.1 Å². The number of halogens is 2. The fraction of sp³-hybridized carbons (Fsp3) is 0.316. The van der Waals surface area contributed by atoms with Crippen molar-refractivity contribution in [3.05, 3.63) is 52.8 Å². The smallest absolute Gasteiger partial charge is 0.145 e. The van der Waals surface area contributed by atoms with Crippen molar-refractivity contribution in [2.24, 2.45) is 0 Å². The molecule has 2 aromatic carbocycles. The molecule has 1 aliphatic carbocycles. The third-order valence-electron chi connectivity index (χ3n) is 5.16. The molecule has 23 heavy (non-hydrogen) atoms. The van der Waals surface area contributed by atoms with Gasteiger partial charge in [0.1, 0.15) is 11.6 Å². The van der Waals surface area contributed by atoms with Crippen LogP contribution in [0.2, 0.25) is 5.02 Å². The van der Waals surface area contributed by atoms with E-state index in [2.05, 4.69) is 11.4 Å². The van der Waals surface area contributed by atoms with Crippen molar-refractivity contribution in [2.75, 3.05) is 11.9 Å². The molecule has 1 fully saturated rings. The number of ketones is 1. The molecule has 1 aliphatic heterocycles.